The highest BCUT2D eigenvalue weighted by molar-refractivity contribution is 5.04. The van der Waals surface area contributed by atoms with Gasteiger partial charge in [0.2, 0.25) is 0 Å². The fraction of sp³-hybridized carbons (Fsp3) is 1.00. The van der Waals surface area contributed by atoms with Crippen LogP contribution in [0.3, 0.4) is 0 Å². The minimum Gasteiger partial charge on any atom is -0.369 e. The first-order valence-electron chi connectivity index (χ1n) is 8.85. The molecule has 114 valence electrons. The summed E-state index contributed by atoms with van der Waals surface area (Å²) < 4.78 is 11.9. The van der Waals surface area contributed by atoms with Crippen LogP contribution in [0.1, 0.15) is 53.4 Å². The Labute approximate surface area is 123 Å². The van der Waals surface area contributed by atoms with Crippen LogP contribution in [0.2, 0.25) is 0 Å². The van der Waals surface area contributed by atoms with Crippen LogP contribution < -0.4 is 0 Å². The third-order valence-electron chi connectivity index (χ3n) is 6.69. The normalized spacial score (nSPS) is 53.7. The van der Waals surface area contributed by atoms with Gasteiger partial charge in [0.05, 0.1) is 24.4 Å². The van der Waals surface area contributed by atoms with E-state index >= 15 is 0 Å². The van der Waals surface area contributed by atoms with E-state index in [9.17, 15) is 0 Å². The Hall–Kier alpha value is -0.0800. The van der Waals surface area contributed by atoms with Gasteiger partial charge >= 0.3 is 0 Å². The van der Waals surface area contributed by atoms with E-state index in [1.165, 1.54) is 25.7 Å². The van der Waals surface area contributed by atoms with Crippen molar-refractivity contribution in [1.29, 1.82) is 0 Å². The van der Waals surface area contributed by atoms with Crippen LogP contribution in [0.4, 0.5) is 0 Å². The predicted molar refractivity (Wildman–Crippen MR) is 79.4 cm³/mol. The summed E-state index contributed by atoms with van der Waals surface area (Å²) in [5, 5.41) is 0. The molecular weight excluding hydrogens is 248 g/mol. The highest BCUT2D eigenvalue weighted by Crippen LogP contribution is 2.54. The number of ether oxygens (including phenoxy) is 2. The highest BCUT2D eigenvalue weighted by Gasteiger charge is 2.56. The summed E-state index contributed by atoms with van der Waals surface area (Å²) >= 11 is 0. The minimum atomic E-state index is 0.608. The summed E-state index contributed by atoms with van der Waals surface area (Å²) in [6.07, 6.45) is 7.92. The second kappa shape index (κ2) is 4.71. The third-order valence-corrected chi connectivity index (χ3v) is 6.69. The molecule has 8 unspecified atom stereocenters. The molecule has 20 heavy (non-hydrogen) atoms. The minimum absolute atomic E-state index is 0.608. The maximum atomic E-state index is 5.95. The van der Waals surface area contributed by atoms with Crippen LogP contribution in [0.25, 0.3) is 0 Å². The SMILES string of the molecule is CC(C)C1CC(C2CC3OC3C(C(C)C)C2)CC2OC21. The van der Waals surface area contributed by atoms with E-state index in [4.69, 9.17) is 9.47 Å². The zero-order valence-corrected chi connectivity index (χ0v) is 13.4. The average Bonchev–Trinajstić information content (AvgIpc) is 3.28. The lowest BCUT2D eigenvalue weighted by Crippen LogP contribution is -2.36. The topological polar surface area (TPSA) is 25.1 Å². The average molecular weight is 278 g/mol. The Morgan fingerprint density at radius 1 is 0.650 bits per heavy atom. The molecule has 0 spiro atoms. The molecule has 4 aliphatic rings. The van der Waals surface area contributed by atoms with Crippen molar-refractivity contribution in [2.75, 3.05) is 0 Å². The van der Waals surface area contributed by atoms with Gasteiger partial charge in [0.15, 0.2) is 0 Å². The Bertz CT molecular complexity index is 342. The van der Waals surface area contributed by atoms with Gasteiger partial charge < -0.3 is 9.47 Å². The maximum Gasteiger partial charge on any atom is 0.0872 e. The van der Waals surface area contributed by atoms with Gasteiger partial charge in [-0.2, -0.15) is 0 Å². The molecule has 2 saturated heterocycles. The van der Waals surface area contributed by atoms with Crippen molar-refractivity contribution in [2.24, 2.45) is 35.5 Å². The number of fused-ring (bicyclic) bond motifs is 2. The predicted octanol–water partition coefficient (Wildman–Crippen LogP) is 3.89. The van der Waals surface area contributed by atoms with Crippen molar-refractivity contribution in [3.05, 3.63) is 0 Å². The molecule has 4 fully saturated rings. The van der Waals surface area contributed by atoms with E-state index in [-0.39, 0.29) is 0 Å². The lowest BCUT2D eigenvalue weighted by atomic mass is 9.65. The van der Waals surface area contributed by atoms with Crippen LogP contribution in [0.15, 0.2) is 0 Å². The monoisotopic (exact) mass is 278 g/mol. The second-order valence-electron chi connectivity index (χ2n) is 8.56. The van der Waals surface area contributed by atoms with Crippen molar-refractivity contribution >= 4 is 0 Å². The standard InChI is InChI=1S/C18H30O2/c1-9(2)13-5-11(7-15-17(13)19-15)12-6-14(10(3)4)18-16(8-12)20-18/h9-18H,5-8H2,1-4H3. The van der Waals surface area contributed by atoms with Crippen LogP contribution in [-0.2, 0) is 9.47 Å². The number of epoxide rings is 2. The number of rotatable bonds is 3. The van der Waals surface area contributed by atoms with Crippen molar-refractivity contribution in [1.82, 2.24) is 0 Å². The zero-order valence-electron chi connectivity index (χ0n) is 13.4. The highest BCUT2D eigenvalue weighted by atomic mass is 16.6. The first-order chi connectivity index (χ1) is 9.54. The lowest BCUT2D eigenvalue weighted by molar-refractivity contribution is 0.131. The fourth-order valence-corrected chi connectivity index (χ4v) is 5.28. The van der Waals surface area contributed by atoms with E-state index in [0.717, 1.165) is 35.5 Å². The zero-order chi connectivity index (χ0) is 14.0. The molecule has 2 aliphatic carbocycles. The van der Waals surface area contributed by atoms with E-state index in [2.05, 4.69) is 27.7 Å². The van der Waals surface area contributed by atoms with E-state index < -0.39 is 0 Å². The van der Waals surface area contributed by atoms with Crippen molar-refractivity contribution in [3.8, 4) is 0 Å². The molecule has 2 heteroatoms. The van der Waals surface area contributed by atoms with Gasteiger partial charge in [-0.15, -0.1) is 0 Å². The molecule has 2 nitrogen and oxygen atoms in total. The first-order valence-corrected chi connectivity index (χ1v) is 8.85. The fourth-order valence-electron chi connectivity index (χ4n) is 5.28. The smallest absolute Gasteiger partial charge is 0.0872 e. The van der Waals surface area contributed by atoms with Crippen molar-refractivity contribution in [3.63, 3.8) is 0 Å². The van der Waals surface area contributed by atoms with Crippen LogP contribution in [-0.4, -0.2) is 24.4 Å². The van der Waals surface area contributed by atoms with Gasteiger partial charge in [-0.05, 0) is 61.2 Å². The number of hydrogen-bond acceptors (Lipinski definition) is 2. The molecule has 0 N–H and O–H groups in total. The first kappa shape index (κ1) is 13.6. The molecule has 4 rings (SSSR count). The van der Waals surface area contributed by atoms with Gasteiger partial charge in [-0.3, -0.25) is 0 Å². The van der Waals surface area contributed by atoms with Crippen LogP contribution >= 0.6 is 0 Å². The van der Waals surface area contributed by atoms with E-state index in [0.29, 0.717) is 24.4 Å². The summed E-state index contributed by atoms with van der Waals surface area (Å²) in [6.45, 7) is 9.51. The summed E-state index contributed by atoms with van der Waals surface area (Å²) in [5.74, 6) is 4.99. The molecular formula is C18H30O2. The molecule has 2 aliphatic heterocycles. The van der Waals surface area contributed by atoms with Gasteiger partial charge in [0, 0.05) is 0 Å². The van der Waals surface area contributed by atoms with E-state index in [1.807, 2.05) is 0 Å². The Balaban J connectivity index is 1.45. The van der Waals surface area contributed by atoms with Crippen LogP contribution in [0, 0.1) is 35.5 Å². The molecule has 0 aromatic carbocycles. The van der Waals surface area contributed by atoms with Gasteiger partial charge in [-0.25, -0.2) is 0 Å². The molecule has 0 amide bonds. The van der Waals surface area contributed by atoms with E-state index in [1.54, 1.807) is 0 Å². The Morgan fingerprint density at radius 3 is 1.40 bits per heavy atom. The molecule has 8 atom stereocenters. The number of hydrogen-bond donors (Lipinski definition) is 0. The molecule has 2 saturated carbocycles. The largest absolute Gasteiger partial charge is 0.369 e. The summed E-state index contributed by atoms with van der Waals surface area (Å²) in [4.78, 5) is 0. The Kier molecular flexibility index (Phi) is 3.20. The van der Waals surface area contributed by atoms with Gasteiger partial charge in [0.25, 0.3) is 0 Å². The lowest BCUT2D eigenvalue weighted by Gasteiger charge is -2.38. The van der Waals surface area contributed by atoms with Gasteiger partial charge in [0.1, 0.15) is 0 Å². The third kappa shape index (κ3) is 2.23. The molecule has 0 bridgehead atoms. The summed E-state index contributed by atoms with van der Waals surface area (Å²) in [7, 11) is 0. The molecule has 0 radical (unpaired) electrons. The molecule has 0 aromatic heterocycles. The van der Waals surface area contributed by atoms with Crippen LogP contribution in [0.5, 0.6) is 0 Å². The quantitative estimate of drug-likeness (QED) is 0.732. The summed E-state index contributed by atoms with van der Waals surface area (Å²) in [5.41, 5.74) is 0. The van der Waals surface area contributed by atoms with Gasteiger partial charge in [-0.1, -0.05) is 27.7 Å². The second-order valence-corrected chi connectivity index (χ2v) is 8.56. The molecule has 2 heterocycles. The van der Waals surface area contributed by atoms with Crippen molar-refractivity contribution in [2.45, 2.75) is 77.8 Å². The summed E-state index contributed by atoms with van der Waals surface area (Å²) in [6, 6.07) is 0. The Morgan fingerprint density at radius 2 is 1.05 bits per heavy atom. The maximum absolute atomic E-state index is 5.95. The molecule has 0 aromatic rings. The van der Waals surface area contributed by atoms with Crippen molar-refractivity contribution < 1.29 is 9.47 Å².